The number of nitrogens with two attached hydrogens (primary N) is 1. The third kappa shape index (κ3) is 3.68. The van der Waals surface area contributed by atoms with Crippen LogP contribution in [-0.2, 0) is 9.53 Å². The highest BCUT2D eigenvalue weighted by Gasteiger charge is 2.56. The molecule has 0 fully saturated rings. The van der Waals surface area contributed by atoms with Crippen LogP contribution in [0, 0.1) is 0 Å². The summed E-state index contributed by atoms with van der Waals surface area (Å²) in [6, 6.07) is 27.6. The molecule has 0 aliphatic carbocycles. The quantitative estimate of drug-likeness (QED) is 0.421. The van der Waals surface area contributed by atoms with Gasteiger partial charge in [0.25, 0.3) is 0 Å². The van der Waals surface area contributed by atoms with Crippen LogP contribution >= 0.6 is 7.26 Å². The van der Waals surface area contributed by atoms with Crippen molar-refractivity contribution in [2.75, 3.05) is 0 Å². The van der Waals surface area contributed by atoms with E-state index in [-0.39, 0.29) is 0 Å². The molecule has 136 valence electrons. The van der Waals surface area contributed by atoms with Crippen molar-refractivity contribution in [1.82, 2.24) is 0 Å². The van der Waals surface area contributed by atoms with E-state index in [2.05, 4.69) is 0 Å². The minimum atomic E-state index is -2.88. The molecule has 27 heavy (non-hydrogen) atoms. The summed E-state index contributed by atoms with van der Waals surface area (Å²) in [6.07, 6.45) is 0. The van der Waals surface area contributed by atoms with Gasteiger partial charge < -0.3 is 10.5 Å². The Bertz CT molecular complexity index is 815. The first-order chi connectivity index (χ1) is 13.1. The predicted molar refractivity (Wildman–Crippen MR) is 110 cm³/mol. The Kier molecular flexibility index (Phi) is 5.80. The summed E-state index contributed by atoms with van der Waals surface area (Å²) < 4.78 is 5.29. The topological polar surface area (TPSA) is 69.4 Å². The number of benzene rings is 3. The van der Waals surface area contributed by atoms with Gasteiger partial charge in [-0.1, -0.05) is 54.6 Å². The van der Waals surface area contributed by atoms with Gasteiger partial charge >= 0.3 is 11.7 Å². The number of carbonyl (C=O) groups is 2. The summed E-state index contributed by atoms with van der Waals surface area (Å²) in [5.74, 6) is -0.729. The van der Waals surface area contributed by atoms with E-state index in [0.717, 1.165) is 15.9 Å². The van der Waals surface area contributed by atoms with Crippen molar-refractivity contribution in [2.24, 2.45) is 5.73 Å². The highest BCUT2D eigenvalue weighted by atomic mass is 31.2. The molecule has 3 aromatic carbocycles. The highest BCUT2D eigenvalue weighted by Crippen LogP contribution is 2.57. The second kappa shape index (κ2) is 8.26. The zero-order valence-electron chi connectivity index (χ0n) is 15.0. The van der Waals surface area contributed by atoms with E-state index in [1.807, 2.05) is 91.0 Å². The molecule has 0 radical (unpaired) electrons. The fourth-order valence-corrected chi connectivity index (χ4v) is 6.58. The molecule has 0 bridgehead atoms. The molecule has 0 saturated heterocycles. The fraction of sp³-hybridized carbons (Fsp3) is 0.0909. The monoisotopic (exact) mass is 378 g/mol. The van der Waals surface area contributed by atoms with Crippen molar-refractivity contribution in [3.8, 4) is 0 Å². The maximum Gasteiger partial charge on any atom is 0.474 e. The summed E-state index contributed by atoms with van der Waals surface area (Å²) in [5.41, 5.74) is 5.07. The largest absolute Gasteiger partial charge is 0.474 e. The highest BCUT2D eigenvalue weighted by molar-refractivity contribution is 8.08. The second-order valence-corrected chi connectivity index (χ2v) is 9.41. The van der Waals surface area contributed by atoms with Gasteiger partial charge in [-0.05, 0) is 43.3 Å². The van der Waals surface area contributed by atoms with Crippen molar-refractivity contribution in [1.29, 1.82) is 0 Å². The van der Waals surface area contributed by atoms with E-state index < -0.39 is 25.0 Å². The Labute approximate surface area is 159 Å². The summed E-state index contributed by atoms with van der Waals surface area (Å²) in [7, 11) is -2.88. The van der Waals surface area contributed by atoms with Crippen molar-refractivity contribution < 1.29 is 14.3 Å². The smallest absolute Gasteiger partial charge is 0.360 e. The van der Waals surface area contributed by atoms with Gasteiger partial charge in [-0.3, -0.25) is 0 Å². The average Bonchev–Trinajstić information content (AvgIpc) is 2.71. The fourth-order valence-electron chi connectivity index (χ4n) is 2.97. The van der Waals surface area contributed by atoms with Crippen LogP contribution in [0.3, 0.4) is 0 Å². The standard InChI is InChI=1S/C22H21NO3P/c1-17(23)21(24)26-22(25)27(18-11-5-2-6-12-18,19-13-7-3-8-14-19)20-15-9-4-10-16-20/h2-17H,23H2,1H3/q+1/t17-/m0/s1. The van der Waals surface area contributed by atoms with Gasteiger partial charge in [0, 0.05) is 0 Å². The summed E-state index contributed by atoms with van der Waals surface area (Å²) in [4.78, 5) is 25.7. The van der Waals surface area contributed by atoms with E-state index in [0.29, 0.717) is 0 Å². The molecule has 5 heteroatoms. The molecule has 3 rings (SSSR count). The molecular formula is C22H21NO3P+. The van der Waals surface area contributed by atoms with Crippen LogP contribution in [0.4, 0.5) is 4.79 Å². The van der Waals surface area contributed by atoms with E-state index in [9.17, 15) is 9.59 Å². The van der Waals surface area contributed by atoms with Crippen LogP contribution in [0.25, 0.3) is 0 Å². The van der Waals surface area contributed by atoms with Crippen LogP contribution in [-0.4, -0.2) is 17.7 Å². The molecule has 0 unspecified atom stereocenters. The Balaban J connectivity index is 2.29. The lowest BCUT2D eigenvalue weighted by Crippen LogP contribution is -2.39. The van der Waals surface area contributed by atoms with Gasteiger partial charge in [-0.2, -0.15) is 0 Å². The Morgan fingerprint density at radius 1 is 0.741 bits per heavy atom. The molecule has 2 N–H and O–H groups in total. The zero-order chi connectivity index (χ0) is 19.3. The number of ether oxygens (including phenoxy) is 1. The van der Waals surface area contributed by atoms with Gasteiger partial charge in [0.05, 0.1) is 0 Å². The molecule has 4 nitrogen and oxygen atoms in total. The van der Waals surface area contributed by atoms with Crippen LogP contribution in [0.5, 0.6) is 0 Å². The molecule has 0 spiro atoms. The third-order valence-electron chi connectivity index (χ3n) is 4.26. The second-order valence-electron chi connectivity index (χ2n) is 6.15. The normalized spacial score (nSPS) is 12.2. The van der Waals surface area contributed by atoms with Gasteiger partial charge in [0.2, 0.25) is 7.26 Å². The van der Waals surface area contributed by atoms with Crippen LogP contribution in [0.2, 0.25) is 0 Å². The maximum atomic E-state index is 13.5. The Morgan fingerprint density at radius 2 is 1.07 bits per heavy atom. The minimum absolute atomic E-state index is 0.562. The molecule has 0 heterocycles. The predicted octanol–water partition coefficient (Wildman–Crippen LogP) is 2.99. The van der Waals surface area contributed by atoms with Crippen LogP contribution in [0.15, 0.2) is 91.0 Å². The van der Waals surface area contributed by atoms with E-state index in [1.165, 1.54) is 6.92 Å². The summed E-state index contributed by atoms with van der Waals surface area (Å²) in [6.45, 7) is 1.50. The third-order valence-corrected chi connectivity index (χ3v) is 8.12. The average molecular weight is 378 g/mol. The molecule has 1 atom stereocenters. The number of esters is 1. The molecule has 0 amide bonds. The van der Waals surface area contributed by atoms with Crippen molar-refractivity contribution in [3.63, 3.8) is 0 Å². The van der Waals surface area contributed by atoms with Crippen molar-refractivity contribution in [2.45, 2.75) is 13.0 Å². The van der Waals surface area contributed by atoms with Gasteiger partial charge in [0.15, 0.2) is 0 Å². The summed E-state index contributed by atoms with van der Waals surface area (Å²) in [5, 5.41) is 2.47. The number of hydrogen-bond donors (Lipinski definition) is 1. The first kappa shape index (κ1) is 19.0. The molecular weight excluding hydrogens is 357 g/mol. The molecule has 0 aromatic heterocycles. The maximum absolute atomic E-state index is 13.5. The molecule has 0 aliphatic rings. The molecule has 0 aliphatic heterocycles. The zero-order valence-corrected chi connectivity index (χ0v) is 15.9. The van der Waals surface area contributed by atoms with Gasteiger partial charge in [0.1, 0.15) is 22.0 Å². The van der Waals surface area contributed by atoms with E-state index >= 15 is 0 Å². The number of hydrogen-bond acceptors (Lipinski definition) is 4. The van der Waals surface area contributed by atoms with E-state index in [1.54, 1.807) is 0 Å². The van der Waals surface area contributed by atoms with Crippen LogP contribution < -0.4 is 21.6 Å². The lowest BCUT2D eigenvalue weighted by Gasteiger charge is -2.24. The lowest BCUT2D eigenvalue weighted by atomic mass is 10.4. The Morgan fingerprint density at radius 3 is 1.37 bits per heavy atom. The van der Waals surface area contributed by atoms with Crippen LogP contribution in [0.1, 0.15) is 6.92 Å². The van der Waals surface area contributed by atoms with Crippen molar-refractivity contribution in [3.05, 3.63) is 91.0 Å². The van der Waals surface area contributed by atoms with Gasteiger partial charge in [-0.25, -0.2) is 9.59 Å². The first-order valence-electron chi connectivity index (χ1n) is 8.64. The van der Waals surface area contributed by atoms with E-state index in [4.69, 9.17) is 10.5 Å². The number of carbonyl (C=O) groups excluding carboxylic acids is 2. The Hall–Kier alpha value is -2.81. The SMILES string of the molecule is C[C@H](N)C(=O)OC(=O)[P+](c1ccccc1)(c1ccccc1)c1ccccc1. The molecule has 3 aromatic rings. The number of rotatable bonds is 5. The minimum Gasteiger partial charge on any atom is -0.360 e. The lowest BCUT2D eigenvalue weighted by molar-refractivity contribution is -0.137. The van der Waals surface area contributed by atoms with Gasteiger partial charge in [-0.15, -0.1) is 0 Å². The summed E-state index contributed by atoms with van der Waals surface area (Å²) >= 11 is 0. The van der Waals surface area contributed by atoms with Crippen molar-refractivity contribution >= 4 is 34.9 Å². The molecule has 0 saturated carbocycles. The first-order valence-corrected chi connectivity index (χ1v) is 10.4.